The van der Waals surface area contributed by atoms with Crippen LogP contribution in [0.2, 0.25) is 0 Å². The Morgan fingerprint density at radius 2 is 1.12 bits per heavy atom. The van der Waals surface area contributed by atoms with Gasteiger partial charge < -0.3 is 13.6 Å². The molecule has 0 N–H and O–H groups in total. The van der Waals surface area contributed by atoms with Gasteiger partial charge >= 0.3 is 0 Å². The standard InChI is InChI=1S/C36H22N6O/c1-3-13-30-26(10-1)27-17-16-23(20-33(27)42(30)25-9-7-19-38-22-25)35-39-40-36(43-35)29-12-5-15-32-34(29)28-11-2-4-14-31(28)41(32)24-8-6-18-37-21-24/h1-22H. The van der Waals surface area contributed by atoms with Gasteiger partial charge in [-0.05, 0) is 60.7 Å². The van der Waals surface area contributed by atoms with Crippen LogP contribution < -0.4 is 0 Å². The highest BCUT2D eigenvalue weighted by Gasteiger charge is 2.20. The van der Waals surface area contributed by atoms with E-state index in [1.165, 1.54) is 5.39 Å². The Hall–Kier alpha value is -6.08. The Bertz CT molecular complexity index is 2460. The van der Waals surface area contributed by atoms with Gasteiger partial charge in [-0.1, -0.05) is 48.5 Å². The first-order chi connectivity index (χ1) is 21.3. The Morgan fingerprint density at radius 1 is 0.488 bits per heavy atom. The summed E-state index contributed by atoms with van der Waals surface area (Å²) in [5.74, 6) is 0.940. The van der Waals surface area contributed by atoms with Crippen molar-refractivity contribution in [2.24, 2.45) is 0 Å². The van der Waals surface area contributed by atoms with E-state index in [9.17, 15) is 0 Å². The average Bonchev–Trinajstić information content (AvgIpc) is 3.78. The third-order valence-corrected chi connectivity index (χ3v) is 8.08. The molecule has 0 spiro atoms. The van der Waals surface area contributed by atoms with Crippen LogP contribution in [0.1, 0.15) is 0 Å². The predicted molar refractivity (Wildman–Crippen MR) is 169 cm³/mol. The third-order valence-electron chi connectivity index (χ3n) is 8.08. The molecule has 0 atom stereocenters. The Morgan fingerprint density at radius 3 is 1.86 bits per heavy atom. The summed E-state index contributed by atoms with van der Waals surface area (Å²) >= 11 is 0. The summed E-state index contributed by atoms with van der Waals surface area (Å²) < 4.78 is 10.9. The van der Waals surface area contributed by atoms with Gasteiger partial charge in [-0.15, -0.1) is 10.2 Å². The van der Waals surface area contributed by atoms with Gasteiger partial charge in [0.25, 0.3) is 0 Å². The van der Waals surface area contributed by atoms with Gasteiger partial charge in [-0.2, -0.15) is 0 Å². The molecule has 43 heavy (non-hydrogen) atoms. The van der Waals surface area contributed by atoms with E-state index in [-0.39, 0.29) is 0 Å². The van der Waals surface area contributed by atoms with E-state index >= 15 is 0 Å². The fourth-order valence-electron chi connectivity index (χ4n) is 6.28. The van der Waals surface area contributed by atoms with E-state index in [2.05, 4.69) is 114 Å². The van der Waals surface area contributed by atoms with Gasteiger partial charge in [0.1, 0.15) is 0 Å². The monoisotopic (exact) mass is 554 g/mol. The average molecular weight is 555 g/mol. The lowest BCUT2D eigenvalue weighted by atomic mass is 10.1. The van der Waals surface area contributed by atoms with Crippen molar-refractivity contribution in [3.05, 3.63) is 134 Å². The number of nitrogens with zero attached hydrogens (tertiary/aromatic N) is 6. The van der Waals surface area contributed by atoms with Crippen LogP contribution in [0.4, 0.5) is 0 Å². The van der Waals surface area contributed by atoms with E-state index in [1.54, 1.807) is 12.4 Å². The topological polar surface area (TPSA) is 74.6 Å². The molecule has 0 unspecified atom stereocenters. The summed E-state index contributed by atoms with van der Waals surface area (Å²) in [6.07, 6.45) is 7.34. The number of para-hydroxylation sites is 2. The Balaban J connectivity index is 1.23. The summed E-state index contributed by atoms with van der Waals surface area (Å²) in [6.45, 7) is 0. The number of fused-ring (bicyclic) bond motifs is 6. The summed E-state index contributed by atoms with van der Waals surface area (Å²) in [4.78, 5) is 8.74. The maximum Gasteiger partial charge on any atom is 0.248 e. The molecule has 0 amide bonds. The molecule has 202 valence electrons. The SMILES string of the molecule is c1cncc(-n2c3ccccc3c3ccc(-c4nnc(-c5cccc6c5c5ccccc5n6-c5cccnc5)o4)cc32)c1. The van der Waals surface area contributed by atoms with Crippen LogP contribution in [0.5, 0.6) is 0 Å². The van der Waals surface area contributed by atoms with Crippen molar-refractivity contribution in [3.63, 3.8) is 0 Å². The van der Waals surface area contributed by atoms with Crippen molar-refractivity contribution >= 4 is 43.6 Å². The zero-order valence-corrected chi connectivity index (χ0v) is 22.8. The third kappa shape index (κ3) is 3.55. The van der Waals surface area contributed by atoms with E-state index in [0.717, 1.165) is 60.7 Å². The van der Waals surface area contributed by atoms with Crippen LogP contribution in [0.25, 0.3) is 77.9 Å². The minimum absolute atomic E-state index is 0.466. The summed E-state index contributed by atoms with van der Waals surface area (Å²) in [5, 5.41) is 13.6. The van der Waals surface area contributed by atoms with Crippen LogP contribution in [-0.2, 0) is 0 Å². The molecule has 5 heterocycles. The van der Waals surface area contributed by atoms with Crippen molar-refractivity contribution in [1.29, 1.82) is 0 Å². The largest absolute Gasteiger partial charge is 0.416 e. The number of hydrogen-bond donors (Lipinski definition) is 0. The van der Waals surface area contributed by atoms with Gasteiger partial charge in [0, 0.05) is 45.1 Å². The van der Waals surface area contributed by atoms with Gasteiger partial charge in [-0.25, -0.2) is 0 Å². The number of rotatable bonds is 4. The molecular formula is C36H22N6O. The van der Waals surface area contributed by atoms with Crippen molar-refractivity contribution in [3.8, 4) is 34.3 Å². The molecule has 0 bridgehead atoms. The zero-order chi connectivity index (χ0) is 28.3. The number of hydrogen-bond acceptors (Lipinski definition) is 5. The second-order valence-electron chi connectivity index (χ2n) is 10.5. The molecule has 9 aromatic rings. The molecule has 0 saturated carbocycles. The molecule has 9 rings (SSSR count). The van der Waals surface area contributed by atoms with Crippen molar-refractivity contribution in [1.82, 2.24) is 29.3 Å². The van der Waals surface area contributed by atoms with Gasteiger partial charge in [-0.3, -0.25) is 9.97 Å². The first kappa shape index (κ1) is 23.6. The molecule has 0 aliphatic carbocycles. The normalized spacial score (nSPS) is 11.7. The number of pyridine rings is 2. The molecule has 0 saturated heterocycles. The van der Waals surface area contributed by atoms with Crippen LogP contribution in [0.15, 0.2) is 138 Å². The lowest BCUT2D eigenvalue weighted by Crippen LogP contribution is -1.94. The fourth-order valence-corrected chi connectivity index (χ4v) is 6.28. The highest BCUT2D eigenvalue weighted by Crippen LogP contribution is 2.39. The second-order valence-corrected chi connectivity index (χ2v) is 10.5. The maximum absolute atomic E-state index is 6.43. The molecule has 0 aliphatic rings. The molecule has 0 aliphatic heterocycles. The van der Waals surface area contributed by atoms with Crippen LogP contribution in [0, 0.1) is 0 Å². The summed E-state index contributed by atoms with van der Waals surface area (Å²) in [5.41, 5.74) is 8.03. The molecule has 0 fully saturated rings. The van der Waals surface area contributed by atoms with Crippen LogP contribution >= 0.6 is 0 Å². The first-order valence-corrected chi connectivity index (χ1v) is 14.1. The lowest BCUT2D eigenvalue weighted by molar-refractivity contribution is 0.585. The molecular weight excluding hydrogens is 532 g/mol. The lowest BCUT2D eigenvalue weighted by Gasteiger charge is -2.07. The molecule has 0 radical (unpaired) electrons. The molecule has 7 heteroatoms. The van der Waals surface area contributed by atoms with Gasteiger partial charge in [0.05, 0.1) is 45.8 Å². The zero-order valence-electron chi connectivity index (χ0n) is 22.8. The maximum atomic E-state index is 6.43. The Labute approximate surface area is 245 Å². The quantitative estimate of drug-likeness (QED) is 0.218. The van der Waals surface area contributed by atoms with Crippen molar-refractivity contribution in [2.45, 2.75) is 0 Å². The smallest absolute Gasteiger partial charge is 0.248 e. The highest BCUT2D eigenvalue weighted by molar-refractivity contribution is 6.15. The second kappa shape index (κ2) is 9.22. The molecule has 5 aromatic heterocycles. The number of benzene rings is 4. The molecule has 4 aromatic carbocycles. The minimum Gasteiger partial charge on any atom is -0.416 e. The first-order valence-electron chi connectivity index (χ1n) is 14.1. The number of aromatic nitrogens is 6. The summed E-state index contributed by atoms with van der Waals surface area (Å²) in [7, 11) is 0. The Kier molecular flexibility index (Phi) is 5.06. The van der Waals surface area contributed by atoms with Crippen LogP contribution in [0.3, 0.4) is 0 Å². The van der Waals surface area contributed by atoms with Crippen LogP contribution in [-0.4, -0.2) is 29.3 Å². The van der Waals surface area contributed by atoms with Gasteiger partial charge in [0.2, 0.25) is 11.8 Å². The fraction of sp³-hybridized carbons (Fsp3) is 0. The highest BCUT2D eigenvalue weighted by atomic mass is 16.4. The van der Waals surface area contributed by atoms with E-state index in [0.29, 0.717) is 11.8 Å². The molecule has 7 nitrogen and oxygen atoms in total. The van der Waals surface area contributed by atoms with Crippen molar-refractivity contribution < 1.29 is 4.42 Å². The van der Waals surface area contributed by atoms with Crippen molar-refractivity contribution in [2.75, 3.05) is 0 Å². The van der Waals surface area contributed by atoms with E-state index in [4.69, 9.17) is 4.42 Å². The van der Waals surface area contributed by atoms with E-state index in [1.807, 2.05) is 36.7 Å². The predicted octanol–water partition coefficient (Wildman–Crippen LogP) is 8.39. The minimum atomic E-state index is 0.466. The van der Waals surface area contributed by atoms with Gasteiger partial charge in [0.15, 0.2) is 0 Å². The summed E-state index contributed by atoms with van der Waals surface area (Å²) in [6, 6.07) is 37.3. The van der Waals surface area contributed by atoms with E-state index < -0.39 is 0 Å².